The fraction of sp³-hybridized carbons (Fsp3) is 0.190. The summed E-state index contributed by atoms with van der Waals surface area (Å²) in [6.45, 7) is 4.30. The molecule has 1 amide bonds. The highest BCUT2D eigenvalue weighted by atomic mass is 32.2. The van der Waals surface area contributed by atoms with E-state index in [1.807, 2.05) is 48.5 Å². The quantitative estimate of drug-likeness (QED) is 0.381. The van der Waals surface area contributed by atoms with E-state index in [0.717, 1.165) is 32.6 Å². The monoisotopic (exact) mass is 376 g/mol. The van der Waals surface area contributed by atoms with Gasteiger partial charge in [-0.15, -0.1) is 0 Å². The Morgan fingerprint density at radius 2 is 1.89 bits per heavy atom. The number of aromatic nitrogens is 3. The van der Waals surface area contributed by atoms with Gasteiger partial charge in [0.05, 0.1) is 11.3 Å². The maximum absolute atomic E-state index is 12.3. The first-order chi connectivity index (χ1) is 13.1. The van der Waals surface area contributed by atoms with Crippen LogP contribution in [0.2, 0.25) is 0 Å². The molecule has 0 saturated carbocycles. The predicted molar refractivity (Wildman–Crippen MR) is 111 cm³/mol. The van der Waals surface area contributed by atoms with E-state index in [-0.39, 0.29) is 11.7 Å². The average molecular weight is 376 g/mol. The number of nitrogens with one attached hydrogen (secondary N) is 2. The third-order valence-electron chi connectivity index (χ3n) is 4.46. The summed E-state index contributed by atoms with van der Waals surface area (Å²) in [6.07, 6.45) is 1.55. The van der Waals surface area contributed by atoms with E-state index >= 15 is 0 Å². The van der Waals surface area contributed by atoms with Crippen LogP contribution >= 0.6 is 11.8 Å². The lowest BCUT2D eigenvalue weighted by molar-refractivity contribution is -0.113. The number of hydrogen-bond acceptors (Lipinski definition) is 4. The van der Waals surface area contributed by atoms with Gasteiger partial charge < -0.3 is 10.3 Å². The van der Waals surface area contributed by atoms with Crippen LogP contribution < -0.4 is 5.32 Å². The van der Waals surface area contributed by atoms with Gasteiger partial charge in [-0.25, -0.2) is 9.97 Å². The zero-order valence-corrected chi connectivity index (χ0v) is 16.0. The summed E-state index contributed by atoms with van der Waals surface area (Å²) in [5.74, 6) is 0.704. The topological polar surface area (TPSA) is 70.7 Å². The zero-order chi connectivity index (χ0) is 18.8. The highest BCUT2D eigenvalue weighted by Crippen LogP contribution is 2.29. The average Bonchev–Trinajstić information content (AvgIpc) is 3.06. The number of hydrogen-bond donors (Lipinski definition) is 2. The van der Waals surface area contributed by atoms with E-state index in [0.29, 0.717) is 5.92 Å². The highest BCUT2D eigenvalue weighted by molar-refractivity contribution is 8.00. The molecule has 0 radical (unpaired) electrons. The van der Waals surface area contributed by atoms with E-state index in [4.69, 9.17) is 0 Å². The molecule has 0 fully saturated rings. The van der Waals surface area contributed by atoms with Crippen LogP contribution in [0.5, 0.6) is 0 Å². The first kappa shape index (κ1) is 17.5. The molecule has 0 saturated heterocycles. The molecule has 0 unspecified atom stereocenters. The maximum atomic E-state index is 12.3. The molecule has 0 bridgehead atoms. The number of carbonyl (C=O) groups is 1. The number of H-pyrrole nitrogens is 1. The van der Waals surface area contributed by atoms with Crippen LogP contribution in [0.15, 0.2) is 59.9 Å². The Morgan fingerprint density at radius 1 is 1.11 bits per heavy atom. The number of benzene rings is 2. The molecule has 2 heterocycles. The van der Waals surface area contributed by atoms with Gasteiger partial charge in [-0.05, 0) is 29.7 Å². The molecule has 2 N–H and O–H groups in total. The van der Waals surface area contributed by atoms with Crippen molar-refractivity contribution in [3.63, 3.8) is 0 Å². The van der Waals surface area contributed by atoms with Gasteiger partial charge >= 0.3 is 0 Å². The van der Waals surface area contributed by atoms with E-state index < -0.39 is 0 Å². The van der Waals surface area contributed by atoms with Crippen LogP contribution in [0.25, 0.3) is 21.9 Å². The molecule has 2 aromatic carbocycles. The Labute approximate surface area is 161 Å². The second-order valence-electron chi connectivity index (χ2n) is 6.69. The van der Waals surface area contributed by atoms with E-state index in [1.54, 1.807) is 6.33 Å². The summed E-state index contributed by atoms with van der Waals surface area (Å²) in [5, 5.41) is 4.78. The van der Waals surface area contributed by atoms with Gasteiger partial charge in [0.25, 0.3) is 0 Å². The molecular formula is C21H20N4OS. The Bertz CT molecular complexity index is 1100. The van der Waals surface area contributed by atoms with Crippen molar-refractivity contribution in [2.24, 2.45) is 0 Å². The molecule has 0 atom stereocenters. The molecule has 4 aromatic rings. The molecule has 4 rings (SSSR count). The minimum absolute atomic E-state index is 0.0554. The van der Waals surface area contributed by atoms with E-state index in [2.05, 4.69) is 34.1 Å². The standard InChI is InChI=1S/C21H20N4OS/c1-13(2)14-7-9-15(10-8-14)24-18(26)11-27-21-20-19(22-12-23-21)16-5-3-4-6-17(16)25-20/h3-10,12-13,25H,11H2,1-2H3,(H,24,26). The van der Waals surface area contributed by atoms with Gasteiger partial charge in [0.2, 0.25) is 5.91 Å². The molecule has 0 aliphatic heterocycles. The summed E-state index contributed by atoms with van der Waals surface area (Å²) < 4.78 is 0. The maximum Gasteiger partial charge on any atom is 0.234 e. The Kier molecular flexibility index (Phi) is 4.81. The highest BCUT2D eigenvalue weighted by Gasteiger charge is 2.12. The molecule has 0 spiro atoms. The number of anilines is 1. The summed E-state index contributed by atoms with van der Waals surface area (Å²) in [5.41, 5.74) is 4.84. The van der Waals surface area contributed by atoms with Crippen LogP contribution in [-0.2, 0) is 4.79 Å². The van der Waals surface area contributed by atoms with Gasteiger partial charge in [0, 0.05) is 16.6 Å². The lowest BCUT2D eigenvalue weighted by Gasteiger charge is -2.08. The lowest BCUT2D eigenvalue weighted by Crippen LogP contribution is -2.14. The SMILES string of the molecule is CC(C)c1ccc(NC(=O)CSc2ncnc3c2[nH]c2ccccc23)cc1. The molecule has 136 valence electrons. The summed E-state index contributed by atoms with van der Waals surface area (Å²) in [4.78, 5) is 24.4. The fourth-order valence-corrected chi connectivity index (χ4v) is 3.77. The van der Waals surface area contributed by atoms with Crippen LogP contribution in [0.1, 0.15) is 25.3 Å². The molecule has 27 heavy (non-hydrogen) atoms. The number of carbonyl (C=O) groups excluding carboxylic acids is 1. The molecular weight excluding hydrogens is 356 g/mol. The van der Waals surface area contributed by atoms with Crippen molar-refractivity contribution in [1.29, 1.82) is 0 Å². The van der Waals surface area contributed by atoms with Crippen molar-refractivity contribution in [3.05, 3.63) is 60.4 Å². The number of nitrogens with zero attached hydrogens (tertiary/aromatic N) is 2. The zero-order valence-electron chi connectivity index (χ0n) is 15.2. The first-order valence-corrected chi connectivity index (χ1v) is 9.84. The summed E-state index contributed by atoms with van der Waals surface area (Å²) >= 11 is 1.41. The third kappa shape index (κ3) is 3.66. The van der Waals surface area contributed by atoms with Crippen molar-refractivity contribution in [2.45, 2.75) is 24.8 Å². The largest absolute Gasteiger partial charge is 0.351 e. The third-order valence-corrected chi connectivity index (χ3v) is 5.44. The van der Waals surface area contributed by atoms with Gasteiger partial charge in [0.1, 0.15) is 16.9 Å². The number of aromatic amines is 1. The number of amides is 1. The summed E-state index contributed by atoms with van der Waals surface area (Å²) in [7, 11) is 0. The molecule has 5 nitrogen and oxygen atoms in total. The van der Waals surface area contributed by atoms with Crippen LogP contribution in [-0.4, -0.2) is 26.6 Å². The lowest BCUT2D eigenvalue weighted by atomic mass is 10.0. The predicted octanol–water partition coefficient (Wildman–Crippen LogP) is 4.97. The Hall–Kier alpha value is -2.86. The summed E-state index contributed by atoms with van der Waals surface area (Å²) in [6, 6.07) is 16.0. The Morgan fingerprint density at radius 3 is 2.67 bits per heavy atom. The number of fused-ring (bicyclic) bond motifs is 3. The molecule has 6 heteroatoms. The van der Waals surface area contributed by atoms with Gasteiger partial charge in [0.15, 0.2) is 0 Å². The smallest absolute Gasteiger partial charge is 0.234 e. The van der Waals surface area contributed by atoms with Crippen molar-refractivity contribution < 1.29 is 4.79 Å². The molecule has 0 aliphatic rings. The van der Waals surface area contributed by atoms with Crippen LogP contribution in [0, 0.1) is 0 Å². The van der Waals surface area contributed by atoms with Crippen molar-refractivity contribution >= 4 is 45.3 Å². The van der Waals surface area contributed by atoms with Gasteiger partial charge in [-0.2, -0.15) is 0 Å². The number of para-hydroxylation sites is 1. The Balaban J connectivity index is 1.47. The number of rotatable bonds is 5. The van der Waals surface area contributed by atoms with Crippen LogP contribution in [0.4, 0.5) is 5.69 Å². The molecule has 0 aliphatic carbocycles. The fourth-order valence-electron chi connectivity index (χ4n) is 3.01. The minimum atomic E-state index is -0.0554. The second-order valence-corrected chi connectivity index (χ2v) is 7.65. The van der Waals surface area contributed by atoms with Crippen molar-refractivity contribution in [2.75, 3.05) is 11.1 Å². The molecule has 2 aromatic heterocycles. The van der Waals surface area contributed by atoms with Gasteiger partial charge in [-0.1, -0.05) is 55.9 Å². The van der Waals surface area contributed by atoms with E-state index in [1.165, 1.54) is 17.3 Å². The van der Waals surface area contributed by atoms with E-state index in [9.17, 15) is 4.79 Å². The van der Waals surface area contributed by atoms with Crippen molar-refractivity contribution in [1.82, 2.24) is 15.0 Å². The van der Waals surface area contributed by atoms with Gasteiger partial charge in [-0.3, -0.25) is 4.79 Å². The first-order valence-electron chi connectivity index (χ1n) is 8.86. The normalized spacial score (nSPS) is 11.4. The van der Waals surface area contributed by atoms with Crippen molar-refractivity contribution in [3.8, 4) is 0 Å². The number of thioether (sulfide) groups is 1. The van der Waals surface area contributed by atoms with Crippen LogP contribution in [0.3, 0.4) is 0 Å². The second kappa shape index (κ2) is 7.40. The minimum Gasteiger partial charge on any atom is -0.351 e.